The first-order chi connectivity index (χ1) is 8.11. The number of benzene rings is 2. The molecular formula is C14H13ClFN. The average molecular weight is 250 g/mol. The highest BCUT2D eigenvalue weighted by Gasteiger charge is 2.07. The standard InChI is InChI=1S/C14H13ClFN/c1-9-2-4-11(7-13(9)15)12-6-10(8-17)3-5-14(12)16/h2-7H,8,17H2,1H3. The Morgan fingerprint density at radius 2 is 1.94 bits per heavy atom. The maximum Gasteiger partial charge on any atom is 0.131 e. The van der Waals surface area contributed by atoms with Crippen molar-refractivity contribution in [2.75, 3.05) is 0 Å². The van der Waals surface area contributed by atoms with Crippen molar-refractivity contribution in [2.45, 2.75) is 13.5 Å². The van der Waals surface area contributed by atoms with Gasteiger partial charge in [0.25, 0.3) is 0 Å². The summed E-state index contributed by atoms with van der Waals surface area (Å²) in [7, 11) is 0. The molecule has 0 spiro atoms. The smallest absolute Gasteiger partial charge is 0.131 e. The fourth-order valence-corrected chi connectivity index (χ4v) is 1.86. The number of rotatable bonds is 2. The van der Waals surface area contributed by atoms with Gasteiger partial charge in [0.15, 0.2) is 0 Å². The van der Waals surface area contributed by atoms with Crippen LogP contribution in [-0.4, -0.2) is 0 Å². The molecule has 0 bridgehead atoms. The molecule has 0 aromatic heterocycles. The van der Waals surface area contributed by atoms with Gasteiger partial charge >= 0.3 is 0 Å². The normalized spacial score (nSPS) is 10.6. The largest absolute Gasteiger partial charge is 0.326 e. The van der Waals surface area contributed by atoms with E-state index in [1.807, 2.05) is 19.1 Å². The van der Waals surface area contributed by atoms with Gasteiger partial charge in [-0.2, -0.15) is 0 Å². The van der Waals surface area contributed by atoms with Crippen LogP contribution in [0.2, 0.25) is 5.02 Å². The third-order valence-electron chi connectivity index (χ3n) is 2.75. The molecule has 2 aromatic rings. The second-order valence-electron chi connectivity index (χ2n) is 3.98. The molecule has 0 unspecified atom stereocenters. The van der Waals surface area contributed by atoms with Crippen LogP contribution in [0.3, 0.4) is 0 Å². The monoisotopic (exact) mass is 249 g/mol. The number of aryl methyl sites for hydroxylation is 1. The highest BCUT2D eigenvalue weighted by Crippen LogP contribution is 2.28. The van der Waals surface area contributed by atoms with Gasteiger partial charge in [0.05, 0.1) is 0 Å². The van der Waals surface area contributed by atoms with Crippen molar-refractivity contribution in [3.05, 3.63) is 58.4 Å². The third-order valence-corrected chi connectivity index (χ3v) is 3.16. The Bertz CT molecular complexity index is 552. The van der Waals surface area contributed by atoms with Gasteiger partial charge in [-0.05, 0) is 41.8 Å². The van der Waals surface area contributed by atoms with Crippen LogP contribution in [0.1, 0.15) is 11.1 Å². The summed E-state index contributed by atoms with van der Waals surface area (Å²) in [4.78, 5) is 0. The molecule has 2 rings (SSSR count). The van der Waals surface area contributed by atoms with E-state index >= 15 is 0 Å². The maximum atomic E-state index is 13.7. The number of hydrogen-bond donors (Lipinski definition) is 1. The Balaban J connectivity index is 2.55. The topological polar surface area (TPSA) is 26.0 Å². The molecule has 0 aliphatic heterocycles. The predicted octanol–water partition coefficient (Wildman–Crippen LogP) is 3.91. The fourth-order valence-electron chi connectivity index (χ4n) is 1.68. The van der Waals surface area contributed by atoms with Crippen LogP contribution in [0.5, 0.6) is 0 Å². The lowest BCUT2D eigenvalue weighted by Gasteiger charge is -2.07. The third kappa shape index (κ3) is 2.48. The van der Waals surface area contributed by atoms with Gasteiger partial charge in [0, 0.05) is 17.1 Å². The summed E-state index contributed by atoms with van der Waals surface area (Å²) >= 11 is 6.04. The summed E-state index contributed by atoms with van der Waals surface area (Å²) in [6, 6.07) is 10.4. The molecule has 0 atom stereocenters. The molecule has 2 aromatic carbocycles. The van der Waals surface area contributed by atoms with E-state index in [9.17, 15) is 4.39 Å². The van der Waals surface area contributed by atoms with Crippen molar-refractivity contribution in [1.82, 2.24) is 0 Å². The molecule has 0 radical (unpaired) electrons. The Kier molecular flexibility index (Phi) is 3.46. The molecule has 0 aliphatic carbocycles. The minimum absolute atomic E-state index is 0.262. The van der Waals surface area contributed by atoms with Crippen molar-refractivity contribution in [2.24, 2.45) is 5.73 Å². The fraction of sp³-hybridized carbons (Fsp3) is 0.143. The van der Waals surface area contributed by atoms with Gasteiger partial charge in [-0.15, -0.1) is 0 Å². The molecule has 0 aliphatic rings. The van der Waals surface area contributed by atoms with Crippen molar-refractivity contribution in [3.8, 4) is 11.1 Å². The molecule has 17 heavy (non-hydrogen) atoms. The van der Waals surface area contributed by atoms with E-state index in [4.69, 9.17) is 17.3 Å². The minimum atomic E-state index is -0.262. The minimum Gasteiger partial charge on any atom is -0.326 e. The van der Waals surface area contributed by atoms with Crippen LogP contribution < -0.4 is 5.73 Å². The first-order valence-electron chi connectivity index (χ1n) is 5.37. The van der Waals surface area contributed by atoms with Crippen LogP contribution in [-0.2, 0) is 6.54 Å². The molecule has 0 saturated carbocycles. The second kappa shape index (κ2) is 4.86. The van der Waals surface area contributed by atoms with Crippen molar-refractivity contribution < 1.29 is 4.39 Å². The molecule has 0 saturated heterocycles. The Labute approximate surface area is 105 Å². The quantitative estimate of drug-likeness (QED) is 0.858. The lowest BCUT2D eigenvalue weighted by atomic mass is 10.0. The molecule has 2 N–H and O–H groups in total. The Morgan fingerprint density at radius 3 is 2.59 bits per heavy atom. The van der Waals surface area contributed by atoms with E-state index < -0.39 is 0 Å². The van der Waals surface area contributed by atoms with Gasteiger partial charge in [0.2, 0.25) is 0 Å². The SMILES string of the molecule is Cc1ccc(-c2cc(CN)ccc2F)cc1Cl. The van der Waals surface area contributed by atoms with Gasteiger partial charge < -0.3 is 5.73 Å². The van der Waals surface area contributed by atoms with Crippen molar-refractivity contribution in [3.63, 3.8) is 0 Å². The zero-order chi connectivity index (χ0) is 12.4. The van der Waals surface area contributed by atoms with E-state index in [1.165, 1.54) is 6.07 Å². The van der Waals surface area contributed by atoms with Crippen LogP contribution in [0.25, 0.3) is 11.1 Å². The molecular weight excluding hydrogens is 237 g/mol. The van der Waals surface area contributed by atoms with Gasteiger partial charge in [-0.3, -0.25) is 0 Å². The van der Waals surface area contributed by atoms with Crippen LogP contribution in [0.4, 0.5) is 4.39 Å². The summed E-state index contributed by atoms with van der Waals surface area (Å²) in [5, 5.41) is 0.639. The molecule has 0 fully saturated rings. The molecule has 0 amide bonds. The Morgan fingerprint density at radius 1 is 1.18 bits per heavy atom. The second-order valence-corrected chi connectivity index (χ2v) is 4.39. The first kappa shape index (κ1) is 12.1. The van der Waals surface area contributed by atoms with Gasteiger partial charge in [-0.1, -0.05) is 29.8 Å². The van der Waals surface area contributed by atoms with Crippen LogP contribution >= 0.6 is 11.6 Å². The van der Waals surface area contributed by atoms with Crippen molar-refractivity contribution in [1.29, 1.82) is 0 Å². The summed E-state index contributed by atoms with van der Waals surface area (Å²) < 4.78 is 13.7. The van der Waals surface area contributed by atoms with Gasteiger partial charge in [0.1, 0.15) is 5.82 Å². The molecule has 3 heteroatoms. The number of halogens is 2. The van der Waals surface area contributed by atoms with Crippen molar-refractivity contribution >= 4 is 11.6 Å². The average Bonchev–Trinajstić information content (AvgIpc) is 2.33. The highest BCUT2D eigenvalue weighted by atomic mass is 35.5. The maximum absolute atomic E-state index is 13.7. The number of hydrogen-bond acceptors (Lipinski definition) is 1. The lowest BCUT2D eigenvalue weighted by Crippen LogP contribution is -1.97. The zero-order valence-electron chi connectivity index (χ0n) is 9.50. The van der Waals surface area contributed by atoms with E-state index in [2.05, 4.69) is 0 Å². The summed E-state index contributed by atoms with van der Waals surface area (Å²) in [6.07, 6.45) is 0. The lowest BCUT2D eigenvalue weighted by molar-refractivity contribution is 0.630. The molecule has 0 heterocycles. The van der Waals surface area contributed by atoms with Gasteiger partial charge in [-0.25, -0.2) is 4.39 Å². The highest BCUT2D eigenvalue weighted by molar-refractivity contribution is 6.31. The van der Waals surface area contributed by atoms with E-state index in [0.717, 1.165) is 16.7 Å². The number of nitrogens with two attached hydrogens (primary N) is 1. The molecule has 88 valence electrons. The van der Waals surface area contributed by atoms with E-state index in [0.29, 0.717) is 17.1 Å². The Hall–Kier alpha value is -1.38. The van der Waals surface area contributed by atoms with Crippen LogP contribution in [0, 0.1) is 12.7 Å². The molecule has 1 nitrogen and oxygen atoms in total. The summed E-state index contributed by atoms with van der Waals surface area (Å²) in [6.45, 7) is 2.31. The van der Waals surface area contributed by atoms with Crippen LogP contribution in [0.15, 0.2) is 36.4 Å². The zero-order valence-corrected chi connectivity index (χ0v) is 10.3. The summed E-state index contributed by atoms with van der Waals surface area (Å²) in [5.41, 5.74) is 8.74. The predicted molar refractivity (Wildman–Crippen MR) is 69.5 cm³/mol. The van der Waals surface area contributed by atoms with E-state index in [-0.39, 0.29) is 5.82 Å². The first-order valence-corrected chi connectivity index (χ1v) is 5.74. The summed E-state index contributed by atoms with van der Waals surface area (Å²) in [5.74, 6) is -0.262. The van der Waals surface area contributed by atoms with E-state index in [1.54, 1.807) is 18.2 Å².